The molecular weight excluding hydrogens is 186 g/mol. The molecule has 0 aromatic heterocycles. The number of hydrogen-bond acceptors (Lipinski definition) is 4. The van der Waals surface area contributed by atoms with Gasteiger partial charge < -0.3 is 10.1 Å². The lowest BCUT2D eigenvalue weighted by Gasteiger charge is -2.14. The van der Waals surface area contributed by atoms with Crippen LogP contribution in [-0.2, 0) is 14.3 Å². The molecule has 1 heterocycles. The third kappa shape index (κ3) is 3.31. The number of hydrazine groups is 1. The summed E-state index contributed by atoms with van der Waals surface area (Å²) in [7, 11) is 0. The second kappa shape index (κ2) is 5.56. The van der Waals surface area contributed by atoms with Gasteiger partial charge in [0.2, 0.25) is 0 Å². The van der Waals surface area contributed by atoms with E-state index in [0.29, 0.717) is 6.61 Å². The van der Waals surface area contributed by atoms with Crippen LogP contribution in [0.5, 0.6) is 0 Å². The summed E-state index contributed by atoms with van der Waals surface area (Å²) in [5, 5.41) is 2.60. The molecule has 0 aliphatic carbocycles. The molecule has 2 amide bonds. The van der Waals surface area contributed by atoms with E-state index in [-0.39, 0.29) is 6.04 Å². The molecule has 0 saturated carbocycles. The molecule has 1 atom stereocenters. The average molecular weight is 201 g/mol. The maximum Gasteiger partial charge on any atom is 0.323 e. The smallest absolute Gasteiger partial charge is 0.323 e. The zero-order valence-corrected chi connectivity index (χ0v) is 7.91. The minimum absolute atomic E-state index is 0.0160. The summed E-state index contributed by atoms with van der Waals surface area (Å²) in [6.07, 6.45) is 2.47. The fraction of sp³-hybridized carbons (Fsp3) is 0.750. The molecule has 1 aliphatic heterocycles. The summed E-state index contributed by atoms with van der Waals surface area (Å²) in [6, 6.07) is 0.0160. The van der Waals surface area contributed by atoms with E-state index in [2.05, 4.69) is 5.32 Å². The predicted octanol–water partition coefficient (Wildman–Crippen LogP) is -1.34. The van der Waals surface area contributed by atoms with Gasteiger partial charge in [-0.2, -0.15) is 0 Å². The van der Waals surface area contributed by atoms with Gasteiger partial charge in [-0.15, -0.1) is 0 Å². The van der Waals surface area contributed by atoms with Gasteiger partial charge in [-0.05, 0) is 19.3 Å². The molecule has 4 N–H and O–H groups in total. The highest BCUT2D eigenvalue weighted by Crippen LogP contribution is 2.07. The van der Waals surface area contributed by atoms with Crippen LogP contribution in [0.15, 0.2) is 0 Å². The van der Waals surface area contributed by atoms with E-state index in [9.17, 15) is 9.59 Å². The summed E-state index contributed by atoms with van der Waals surface area (Å²) in [5.41, 5.74) is 1.79. The average Bonchev–Trinajstić information content (AvgIpc) is 2.45. The van der Waals surface area contributed by atoms with E-state index >= 15 is 0 Å². The van der Waals surface area contributed by atoms with E-state index in [0.717, 1.165) is 25.9 Å². The zero-order valence-electron chi connectivity index (χ0n) is 7.91. The number of ether oxygens (including phenoxy) is 1. The highest BCUT2D eigenvalue weighted by atomic mass is 16.5. The number of carbonyl (C=O) groups excluding carboxylic acids is 2. The number of carbonyl (C=O) groups is 2. The van der Waals surface area contributed by atoms with Crippen molar-refractivity contribution in [2.75, 3.05) is 13.2 Å². The summed E-state index contributed by atoms with van der Waals surface area (Å²) in [4.78, 5) is 21.9. The molecule has 6 heteroatoms. The van der Waals surface area contributed by atoms with Gasteiger partial charge in [-0.1, -0.05) is 0 Å². The first kappa shape index (κ1) is 10.9. The van der Waals surface area contributed by atoms with Gasteiger partial charge in [-0.3, -0.25) is 15.0 Å². The lowest BCUT2D eigenvalue weighted by atomic mass is 10.1. The Bertz CT molecular complexity index is 212. The molecule has 1 saturated heterocycles. The third-order valence-electron chi connectivity index (χ3n) is 2.12. The minimum atomic E-state index is -0.810. The van der Waals surface area contributed by atoms with Gasteiger partial charge in [0.05, 0.1) is 0 Å². The van der Waals surface area contributed by atoms with Crippen molar-refractivity contribution in [2.45, 2.75) is 25.3 Å². The minimum Gasteiger partial charge on any atom is -0.381 e. The first-order valence-corrected chi connectivity index (χ1v) is 4.63. The van der Waals surface area contributed by atoms with Crippen molar-refractivity contribution in [1.82, 2.24) is 10.7 Å². The molecule has 14 heavy (non-hydrogen) atoms. The molecular formula is C8H15N3O3. The van der Waals surface area contributed by atoms with Crippen LogP contribution >= 0.6 is 0 Å². The second-order valence-electron chi connectivity index (χ2n) is 3.19. The molecule has 0 aromatic rings. The van der Waals surface area contributed by atoms with Crippen molar-refractivity contribution < 1.29 is 14.3 Å². The fourth-order valence-electron chi connectivity index (χ4n) is 1.36. The van der Waals surface area contributed by atoms with Gasteiger partial charge in [0.15, 0.2) is 0 Å². The second-order valence-corrected chi connectivity index (χ2v) is 3.19. The molecule has 80 valence electrons. The van der Waals surface area contributed by atoms with Crippen LogP contribution in [0.2, 0.25) is 0 Å². The van der Waals surface area contributed by atoms with E-state index in [1.807, 2.05) is 0 Å². The van der Waals surface area contributed by atoms with Gasteiger partial charge in [0.1, 0.15) is 0 Å². The van der Waals surface area contributed by atoms with Crippen molar-refractivity contribution in [3.05, 3.63) is 0 Å². The normalized spacial score (nSPS) is 22.2. The number of hydrogen-bond donors (Lipinski definition) is 3. The van der Waals surface area contributed by atoms with Crippen molar-refractivity contribution in [3.63, 3.8) is 0 Å². The molecule has 1 rings (SSSR count). The fourth-order valence-corrected chi connectivity index (χ4v) is 1.36. The summed E-state index contributed by atoms with van der Waals surface area (Å²) >= 11 is 0. The summed E-state index contributed by atoms with van der Waals surface area (Å²) in [6.45, 7) is 1.34. The van der Waals surface area contributed by atoms with E-state index in [1.165, 1.54) is 0 Å². The van der Waals surface area contributed by atoms with Crippen LogP contribution < -0.4 is 16.6 Å². The molecule has 0 radical (unpaired) electrons. The first-order chi connectivity index (χ1) is 6.74. The Labute approximate surface area is 82.1 Å². The van der Waals surface area contributed by atoms with Gasteiger partial charge in [0, 0.05) is 19.3 Å². The Hall–Kier alpha value is -1.14. The molecule has 1 fully saturated rings. The Morgan fingerprint density at radius 3 is 2.71 bits per heavy atom. The first-order valence-electron chi connectivity index (χ1n) is 4.63. The Morgan fingerprint density at radius 2 is 2.00 bits per heavy atom. The predicted molar refractivity (Wildman–Crippen MR) is 48.9 cm³/mol. The molecule has 1 aliphatic rings. The molecule has 0 bridgehead atoms. The van der Waals surface area contributed by atoms with Gasteiger partial charge >= 0.3 is 11.8 Å². The van der Waals surface area contributed by atoms with Crippen LogP contribution in [0.4, 0.5) is 0 Å². The number of nitrogens with two attached hydrogens (primary N) is 1. The van der Waals surface area contributed by atoms with Crippen molar-refractivity contribution in [2.24, 2.45) is 5.84 Å². The molecule has 1 unspecified atom stereocenters. The molecule has 6 nitrogen and oxygen atoms in total. The van der Waals surface area contributed by atoms with E-state index in [1.54, 1.807) is 5.43 Å². The monoisotopic (exact) mass is 201 g/mol. The van der Waals surface area contributed by atoms with Crippen LogP contribution in [-0.4, -0.2) is 31.1 Å². The van der Waals surface area contributed by atoms with Crippen LogP contribution in [0, 0.1) is 0 Å². The molecule has 0 spiro atoms. The standard InChI is InChI=1S/C8H15N3O3/c9-11-8(13)7(12)10-6-2-1-4-14-5-3-6/h6H,1-5,9H2,(H,10,12)(H,11,13). The topological polar surface area (TPSA) is 93.5 Å². The summed E-state index contributed by atoms with van der Waals surface area (Å²) in [5.74, 6) is 3.33. The third-order valence-corrected chi connectivity index (χ3v) is 2.12. The zero-order chi connectivity index (χ0) is 10.4. The van der Waals surface area contributed by atoms with E-state index < -0.39 is 11.8 Å². The quantitative estimate of drug-likeness (QED) is 0.212. The van der Waals surface area contributed by atoms with Crippen molar-refractivity contribution in [1.29, 1.82) is 0 Å². The Morgan fingerprint density at radius 1 is 1.21 bits per heavy atom. The van der Waals surface area contributed by atoms with Gasteiger partial charge in [-0.25, -0.2) is 5.84 Å². The summed E-state index contributed by atoms with van der Waals surface area (Å²) < 4.78 is 5.22. The highest BCUT2D eigenvalue weighted by molar-refractivity contribution is 6.34. The number of amides is 2. The van der Waals surface area contributed by atoms with Crippen molar-refractivity contribution in [3.8, 4) is 0 Å². The SMILES string of the molecule is NNC(=O)C(=O)NC1CCCOCC1. The highest BCUT2D eigenvalue weighted by Gasteiger charge is 2.18. The van der Waals surface area contributed by atoms with Crippen LogP contribution in [0.25, 0.3) is 0 Å². The van der Waals surface area contributed by atoms with Crippen LogP contribution in [0.1, 0.15) is 19.3 Å². The number of nitrogens with one attached hydrogen (secondary N) is 2. The van der Waals surface area contributed by atoms with Crippen molar-refractivity contribution >= 4 is 11.8 Å². The van der Waals surface area contributed by atoms with E-state index in [4.69, 9.17) is 10.6 Å². The Kier molecular flexibility index (Phi) is 4.34. The Balaban J connectivity index is 2.34. The largest absolute Gasteiger partial charge is 0.381 e. The van der Waals surface area contributed by atoms with Crippen LogP contribution in [0.3, 0.4) is 0 Å². The number of rotatable bonds is 1. The lowest BCUT2D eigenvalue weighted by molar-refractivity contribution is -0.139. The maximum atomic E-state index is 11.1. The molecule has 0 aromatic carbocycles. The lowest BCUT2D eigenvalue weighted by Crippen LogP contribution is -2.46. The van der Waals surface area contributed by atoms with Gasteiger partial charge in [0.25, 0.3) is 0 Å². The maximum absolute atomic E-state index is 11.1.